The van der Waals surface area contributed by atoms with Gasteiger partial charge in [0.15, 0.2) is 15.8 Å². The molecule has 0 saturated heterocycles. The quantitative estimate of drug-likeness (QED) is 0.428. The Morgan fingerprint density at radius 3 is 2.89 bits per heavy atom. The van der Waals surface area contributed by atoms with E-state index in [-0.39, 0.29) is 11.7 Å². The van der Waals surface area contributed by atoms with Crippen LogP contribution in [0.25, 0.3) is 5.69 Å². The first-order chi connectivity index (χ1) is 13.7. The monoisotopic (exact) mass is 417 g/mol. The maximum atomic E-state index is 12.3. The molecule has 1 aromatic carbocycles. The molecule has 0 aliphatic heterocycles. The van der Waals surface area contributed by atoms with Crippen LogP contribution in [-0.2, 0) is 11.3 Å². The van der Waals surface area contributed by atoms with Crippen molar-refractivity contribution < 1.29 is 9.53 Å². The number of ether oxygens (including phenoxy) is 1. The van der Waals surface area contributed by atoms with Gasteiger partial charge in [-0.15, -0.1) is 10.2 Å². The highest BCUT2D eigenvalue weighted by Crippen LogP contribution is 2.35. The van der Waals surface area contributed by atoms with Crippen LogP contribution in [0.4, 0.5) is 0 Å². The van der Waals surface area contributed by atoms with Crippen LogP contribution in [0.15, 0.2) is 35.7 Å². The Hall–Kier alpha value is -2.66. The lowest BCUT2D eigenvalue weighted by Crippen LogP contribution is -2.26. The van der Waals surface area contributed by atoms with Crippen molar-refractivity contribution in [3.8, 4) is 11.4 Å². The molecule has 146 valence electrons. The number of nitrogens with zero attached hydrogens (tertiary/aromatic N) is 5. The molecular formula is C17H19N7O2S2. The van der Waals surface area contributed by atoms with Crippen molar-refractivity contribution >= 4 is 29.9 Å². The second-order valence-corrected chi connectivity index (χ2v) is 7.62. The van der Waals surface area contributed by atoms with Gasteiger partial charge in [0.25, 0.3) is 0 Å². The standard InChI is InChI=1S/C17H19N7O2S2/c1-26-13-6-4-11(5-7-13)23-10-19-22-17(23)28-9-15(25)18-8-14-20-21-16(27)24(14)12-2-3-12/h4-7,10,12H,2-3,8-9H2,1H3,(H,18,25)(H,21,27). The minimum Gasteiger partial charge on any atom is -0.497 e. The zero-order chi connectivity index (χ0) is 19.5. The van der Waals surface area contributed by atoms with E-state index in [0.717, 1.165) is 30.1 Å². The second-order valence-electron chi connectivity index (χ2n) is 6.29. The van der Waals surface area contributed by atoms with Crippen molar-refractivity contribution in [1.29, 1.82) is 0 Å². The zero-order valence-corrected chi connectivity index (χ0v) is 16.8. The number of rotatable bonds is 8. The van der Waals surface area contributed by atoms with Crippen LogP contribution in [0.1, 0.15) is 24.7 Å². The summed E-state index contributed by atoms with van der Waals surface area (Å²) in [6.45, 7) is 0.341. The average molecular weight is 418 g/mol. The van der Waals surface area contributed by atoms with Gasteiger partial charge >= 0.3 is 0 Å². The first-order valence-electron chi connectivity index (χ1n) is 8.75. The summed E-state index contributed by atoms with van der Waals surface area (Å²) in [6, 6.07) is 7.96. The highest BCUT2D eigenvalue weighted by atomic mass is 32.2. The highest BCUT2D eigenvalue weighted by molar-refractivity contribution is 7.99. The van der Waals surface area contributed by atoms with E-state index in [1.165, 1.54) is 11.8 Å². The maximum Gasteiger partial charge on any atom is 0.230 e. The minimum atomic E-state index is -0.106. The smallest absolute Gasteiger partial charge is 0.230 e. The molecule has 1 fully saturated rings. The molecule has 0 spiro atoms. The van der Waals surface area contributed by atoms with Gasteiger partial charge in [-0.3, -0.25) is 19.0 Å². The molecule has 9 nitrogen and oxygen atoms in total. The molecule has 0 bridgehead atoms. The van der Waals surface area contributed by atoms with Gasteiger partial charge in [0.1, 0.15) is 12.1 Å². The fourth-order valence-corrected chi connectivity index (χ4v) is 3.83. The highest BCUT2D eigenvalue weighted by Gasteiger charge is 2.27. The number of aromatic nitrogens is 6. The molecule has 11 heteroatoms. The molecule has 2 heterocycles. The number of methoxy groups -OCH3 is 1. The Kier molecular flexibility index (Phi) is 5.44. The molecule has 1 aliphatic rings. The molecule has 4 rings (SSSR count). The number of carbonyl (C=O) groups excluding carboxylic acids is 1. The van der Waals surface area contributed by atoms with Gasteiger partial charge < -0.3 is 10.1 Å². The number of amides is 1. The van der Waals surface area contributed by atoms with E-state index in [2.05, 4.69) is 25.7 Å². The molecule has 28 heavy (non-hydrogen) atoms. The van der Waals surface area contributed by atoms with Crippen molar-refractivity contribution in [3.63, 3.8) is 0 Å². The number of carbonyl (C=O) groups is 1. The number of benzene rings is 1. The van der Waals surface area contributed by atoms with Crippen LogP contribution in [-0.4, -0.2) is 48.3 Å². The number of nitrogens with one attached hydrogen (secondary N) is 2. The number of H-pyrrole nitrogens is 1. The van der Waals surface area contributed by atoms with E-state index in [1.807, 2.05) is 33.4 Å². The fraction of sp³-hybridized carbons (Fsp3) is 0.353. The van der Waals surface area contributed by atoms with Gasteiger partial charge in [-0.1, -0.05) is 11.8 Å². The van der Waals surface area contributed by atoms with Gasteiger partial charge in [0.05, 0.1) is 19.4 Å². The van der Waals surface area contributed by atoms with Crippen molar-refractivity contribution in [2.24, 2.45) is 0 Å². The fourth-order valence-electron chi connectivity index (χ4n) is 2.77. The van der Waals surface area contributed by atoms with Crippen molar-refractivity contribution in [2.75, 3.05) is 12.9 Å². The van der Waals surface area contributed by atoms with Gasteiger partial charge in [-0.25, -0.2) is 0 Å². The Balaban J connectivity index is 1.34. The molecule has 0 radical (unpaired) electrons. The second kappa shape index (κ2) is 8.15. The lowest BCUT2D eigenvalue weighted by Gasteiger charge is -2.08. The summed E-state index contributed by atoms with van der Waals surface area (Å²) in [6.07, 6.45) is 3.83. The minimum absolute atomic E-state index is 0.106. The van der Waals surface area contributed by atoms with Crippen LogP contribution in [0.5, 0.6) is 5.75 Å². The van der Waals surface area contributed by atoms with Gasteiger partial charge in [-0.2, -0.15) is 5.10 Å². The van der Waals surface area contributed by atoms with Crippen LogP contribution in [0, 0.1) is 4.77 Å². The summed E-state index contributed by atoms with van der Waals surface area (Å²) in [5.41, 5.74) is 0.897. The summed E-state index contributed by atoms with van der Waals surface area (Å²) in [5, 5.41) is 18.6. The molecule has 3 aromatic rings. The number of aromatic amines is 1. The van der Waals surface area contributed by atoms with Crippen molar-refractivity contribution in [1.82, 2.24) is 34.8 Å². The zero-order valence-electron chi connectivity index (χ0n) is 15.2. The topological polar surface area (TPSA) is 103 Å². The number of hydrogen-bond acceptors (Lipinski definition) is 7. The van der Waals surface area contributed by atoms with E-state index < -0.39 is 0 Å². The summed E-state index contributed by atoms with van der Waals surface area (Å²) in [5.74, 6) is 1.65. The predicted molar refractivity (Wildman–Crippen MR) is 106 cm³/mol. The molecule has 0 unspecified atom stereocenters. The average Bonchev–Trinajstić information content (AvgIpc) is 3.32. The Bertz CT molecular complexity index is 1020. The molecule has 1 aliphatic carbocycles. The van der Waals surface area contributed by atoms with Gasteiger partial charge in [-0.05, 0) is 49.3 Å². The predicted octanol–water partition coefficient (Wildman–Crippen LogP) is 2.27. The van der Waals surface area contributed by atoms with Crippen LogP contribution in [0.2, 0.25) is 0 Å². The summed E-state index contributed by atoms with van der Waals surface area (Å²) in [7, 11) is 1.62. The third-order valence-electron chi connectivity index (χ3n) is 4.33. The Morgan fingerprint density at radius 1 is 1.39 bits per heavy atom. The van der Waals surface area contributed by atoms with E-state index in [1.54, 1.807) is 13.4 Å². The van der Waals surface area contributed by atoms with Crippen molar-refractivity contribution in [2.45, 2.75) is 30.6 Å². The summed E-state index contributed by atoms with van der Waals surface area (Å²) < 4.78 is 9.60. The van der Waals surface area contributed by atoms with E-state index in [9.17, 15) is 4.79 Å². The van der Waals surface area contributed by atoms with Crippen molar-refractivity contribution in [3.05, 3.63) is 41.2 Å². The molecule has 2 N–H and O–H groups in total. The third kappa shape index (κ3) is 4.09. The Morgan fingerprint density at radius 2 is 2.18 bits per heavy atom. The maximum absolute atomic E-state index is 12.3. The molecular weight excluding hydrogens is 398 g/mol. The normalized spacial score (nSPS) is 13.5. The first-order valence-corrected chi connectivity index (χ1v) is 10.1. The van der Waals surface area contributed by atoms with E-state index in [4.69, 9.17) is 17.0 Å². The van der Waals surface area contributed by atoms with E-state index >= 15 is 0 Å². The SMILES string of the molecule is COc1ccc(-n2cnnc2SCC(=O)NCc2n[nH]c(=S)n2C2CC2)cc1. The van der Waals surface area contributed by atoms with Crippen LogP contribution < -0.4 is 10.1 Å². The van der Waals surface area contributed by atoms with Gasteiger partial charge in [0.2, 0.25) is 5.91 Å². The molecule has 1 saturated carbocycles. The molecule has 1 amide bonds. The largest absolute Gasteiger partial charge is 0.497 e. The first kappa shape index (κ1) is 18.7. The summed E-state index contributed by atoms with van der Waals surface area (Å²) >= 11 is 6.57. The van der Waals surface area contributed by atoms with E-state index in [0.29, 0.717) is 22.5 Å². The lowest BCUT2D eigenvalue weighted by atomic mass is 10.3. The van der Waals surface area contributed by atoms with Crippen LogP contribution >= 0.6 is 24.0 Å². The third-order valence-corrected chi connectivity index (χ3v) is 5.56. The number of hydrogen-bond donors (Lipinski definition) is 2. The van der Waals surface area contributed by atoms with Crippen LogP contribution in [0.3, 0.4) is 0 Å². The Labute approximate surface area is 170 Å². The molecule has 0 atom stereocenters. The lowest BCUT2D eigenvalue weighted by molar-refractivity contribution is -0.118. The number of thioether (sulfide) groups is 1. The molecule has 2 aromatic heterocycles. The van der Waals surface area contributed by atoms with Gasteiger partial charge in [0, 0.05) is 11.7 Å². The summed E-state index contributed by atoms with van der Waals surface area (Å²) in [4.78, 5) is 12.3.